The van der Waals surface area contributed by atoms with Crippen LogP contribution in [-0.4, -0.2) is 25.7 Å². The van der Waals surface area contributed by atoms with Crippen LogP contribution in [0.5, 0.6) is 11.5 Å². The van der Waals surface area contributed by atoms with Crippen LogP contribution in [-0.2, 0) is 6.54 Å². The van der Waals surface area contributed by atoms with E-state index in [4.69, 9.17) is 9.47 Å². The van der Waals surface area contributed by atoms with Crippen molar-refractivity contribution in [1.82, 2.24) is 10.3 Å². The standard InChI is InChI=1S/C15H20N2O2S/c1-4-7-16-9-15-17-13(10-20-15)12-8-11(18-2)5-6-14(12)19-3/h5-6,8,10,16H,4,7,9H2,1-3H3. The summed E-state index contributed by atoms with van der Waals surface area (Å²) in [4.78, 5) is 4.66. The third kappa shape index (κ3) is 3.49. The largest absolute Gasteiger partial charge is 0.497 e. The van der Waals surface area contributed by atoms with Gasteiger partial charge in [-0.15, -0.1) is 11.3 Å². The van der Waals surface area contributed by atoms with E-state index in [1.165, 1.54) is 0 Å². The SMILES string of the molecule is CCCNCc1nc(-c2cc(OC)ccc2OC)cs1. The lowest BCUT2D eigenvalue weighted by Crippen LogP contribution is -2.13. The van der Waals surface area contributed by atoms with Gasteiger partial charge in [-0.05, 0) is 31.2 Å². The maximum absolute atomic E-state index is 5.40. The van der Waals surface area contributed by atoms with E-state index in [1.807, 2.05) is 18.2 Å². The van der Waals surface area contributed by atoms with E-state index >= 15 is 0 Å². The van der Waals surface area contributed by atoms with Gasteiger partial charge in [0.1, 0.15) is 16.5 Å². The minimum atomic E-state index is 0.805. The van der Waals surface area contributed by atoms with Gasteiger partial charge >= 0.3 is 0 Å². The molecule has 0 atom stereocenters. The van der Waals surface area contributed by atoms with Gasteiger partial charge in [0.15, 0.2) is 0 Å². The van der Waals surface area contributed by atoms with E-state index in [-0.39, 0.29) is 0 Å². The molecule has 4 nitrogen and oxygen atoms in total. The molecule has 1 heterocycles. The molecule has 0 bridgehead atoms. The fourth-order valence-corrected chi connectivity index (χ4v) is 2.67. The minimum absolute atomic E-state index is 0.805. The van der Waals surface area contributed by atoms with Crippen molar-refractivity contribution in [3.05, 3.63) is 28.6 Å². The Kier molecular flexibility index (Phi) is 5.38. The summed E-state index contributed by atoms with van der Waals surface area (Å²) in [6, 6.07) is 5.75. The average molecular weight is 292 g/mol. The molecule has 0 fully saturated rings. The van der Waals surface area contributed by atoms with Crippen molar-refractivity contribution in [3.63, 3.8) is 0 Å². The van der Waals surface area contributed by atoms with E-state index in [1.54, 1.807) is 25.6 Å². The smallest absolute Gasteiger partial charge is 0.128 e. The first-order chi connectivity index (χ1) is 9.78. The zero-order valence-electron chi connectivity index (χ0n) is 12.1. The molecule has 20 heavy (non-hydrogen) atoms. The van der Waals surface area contributed by atoms with E-state index in [0.717, 1.165) is 47.3 Å². The van der Waals surface area contributed by atoms with Gasteiger partial charge in [0, 0.05) is 17.5 Å². The molecular formula is C15H20N2O2S. The average Bonchev–Trinajstić information content (AvgIpc) is 2.95. The number of thiazole rings is 1. The van der Waals surface area contributed by atoms with Crippen molar-refractivity contribution in [2.45, 2.75) is 19.9 Å². The van der Waals surface area contributed by atoms with Gasteiger partial charge in [-0.25, -0.2) is 4.98 Å². The lowest BCUT2D eigenvalue weighted by Gasteiger charge is -2.08. The Morgan fingerprint density at radius 1 is 1.25 bits per heavy atom. The van der Waals surface area contributed by atoms with Gasteiger partial charge in [0.2, 0.25) is 0 Å². The van der Waals surface area contributed by atoms with E-state index < -0.39 is 0 Å². The highest BCUT2D eigenvalue weighted by Gasteiger charge is 2.11. The van der Waals surface area contributed by atoms with Crippen LogP contribution in [0.3, 0.4) is 0 Å². The number of hydrogen-bond donors (Lipinski definition) is 1. The highest BCUT2D eigenvalue weighted by molar-refractivity contribution is 7.09. The summed E-state index contributed by atoms with van der Waals surface area (Å²) < 4.78 is 10.7. The van der Waals surface area contributed by atoms with E-state index in [9.17, 15) is 0 Å². The topological polar surface area (TPSA) is 43.4 Å². The predicted octanol–water partition coefficient (Wildman–Crippen LogP) is 3.33. The van der Waals surface area contributed by atoms with Crippen molar-refractivity contribution >= 4 is 11.3 Å². The fourth-order valence-electron chi connectivity index (χ4n) is 1.90. The maximum Gasteiger partial charge on any atom is 0.128 e. The van der Waals surface area contributed by atoms with Crippen LogP contribution in [0, 0.1) is 0 Å². The molecule has 0 radical (unpaired) electrons. The Morgan fingerprint density at radius 2 is 2.10 bits per heavy atom. The molecule has 0 saturated heterocycles. The lowest BCUT2D eigenvalue weighted by molar-refractivity contribution is 0.404. The van der Waals surface area contributed by atoms with Crippen LogP contribution >= 0.6 is 11.3 Å². The summed E-state index contributed by atoms with van der Waals surface area (Å²) in [5, 5.41) is 6.50. The number of methoxy groups -OCH3 is 2. The molecule has 2 aromatic rings. The Hall–Kier alpha value is -1.59. The maximum atomic E-state index is 5.40. The van der Waals surface area contributed by atoms with Crippen LogP contribution < -0.4 is 14.8 Å². The predicted molar refractivity (Wildman–Crippen MR) is 82.7 cm³/mol. The number of aromatic nitrogens is 1. The molecule has 1 N–H and O–H groups in total. The second-order valence-electron chi connectivity index (χ2n) is 4.37. The van der Waals surface area contributed by atoms with Crippen molar-refractivity contribution in [1.29, 1.82) is 0 Å². The van der Waals surface area contributed by atoms with Crippen molar-refractivity contribution in [3.8, 4) is 22.8 Å². The molecule has 0 unspecified atom stereocenters. The minimum Gasteiger partial charge on any atom is -0.497 e. The van der Waals surface area contributed by atoms with Crippen LogP contribution in [0.2, 0.25) is 0 Å². The number of nitrogens with zero attached hydrogens (tertiary/aromatic N) is 1. The summed E-state index contributed by atoms with van der Waals surface area (Å²) in [6.45, 7) is 3.98. The zero-order chi connectivity index (χ0) is 14.4. The van der Waals surface area contributed by atoms with Crippen molar-refractivity contribution in [2.24, 2.45) is 0 Å². The van der Waals surface area contributed by atoms with E-state index in [0.29, 0.717) is 0 Å². The van der Waals surface area contributed by atoms with E-state index in [2.05, 4.69) is 22.6 Å². The molecule has 0 aliphatic rings. The summed E-state index contributed by atoms with van der Waals surface area (Å²) in [5.41, 5.74) is 1.89. The van der Waals surface area contributed by atoms with Crippen LogP contribution in [0.25, 0.3) is 11.3 Å². The Morgan fingerprint density at radius 3 is 2.80 bits per heavy atom. The van der Waals surface area contributed by atoms with Crippen molar-refractivity contribution < 1.29 is 9.47 Å². The molecule has 0 amide bonds. The summed E-state index contributed by atoms with van der Waals surface area (Å²) in [5.74, 6) is 1.61. The monoisotopic (exact) mass is 292 g/mol. The third-order valence-corrected chi connectivity index (χ3v) is 3.79. The van der Waals surface area contributed by atoms with Crippen molar-refractivity contribution in [2.75, 3.05) is 20.8 Å². The third-order valence-electron chi connectivity index (χ3n) is 2.94. The van der Waals surface area contributed by atoms with Gasteiger partial charge < -0.3 is 14.8 Å². The molecule has 0 aliphatic heterocycles. The van der Waals surface area contributed by atoms with Crippen LogP contribution in [0.1, 0.15) is 18.4 Å². The Labute approximate surface area is 123 Å². The molecule has 108 valence electrons. The Bertz CT molecular complexity index is 555. The molecule has 5 heteroatoms. The number of hydrogen-bond acceptors (Lipinski definition) is 5. The first-order valence-corrected chi connectivity index (χ1v) is 7.54. The van der Waals surface area contributed by atoms with Gasteiger partial charge in [-0.2, -0.15) is 0 Å². The summed E-state index contributed by atoms with van der Waals surface area (Å²) in [6.07, 6.45) is 1.13. The highest BCUT2D eigenvalue weighted by atomic mass is 32.1. The normalized spacial score (nSPS) is 10.6. The van der Waals surface area contributed by atoms with Gasteiger partial charge in [-0.1, -0.05) is 6.92 Å². The first-order valence-electron chi connectivity index (χ1n) is 6.66. The Balaban J connectivity index is 2.22. The van der Waals surface area contributed by atoms with Crippen LogP contribution in [0.15, 0.2) is 23.6 Å². The summed E-state index contributed by atoms with van der Waals surface area (Å²) >= 11 is 1.66. The highest BCUT2D eigenvalue weighted by Crippen LogP contribution is 2.33. The first kappa shape index (κ1) is 14.8. The number of rotatable bonds is 7. The number of benzene rings is 1. The molecule has 2 rings (SSSR count). The second kappa shape index (κ2) is 7.26. The van der Waals surface area contributed by atoms with Crippen LogP contribution in [0.4, 0.5) is 0 Å². The van der Waals surface area contributed by atoms with Gasteiger partial charge in [0.05, 0.1) is 19.9 Å². The molecule has 1 aromatic carbocycles. The lowest BCUT2D eigenvalue weighted by atomic mass is 10.1. The second-order valence-corrected chi connectivity index (χ2v) is 5.31. The molecule has 1 aromatic heterocycles. The number of nitrogens with one attached hydrogen (secondary N) is 1. The summed E-state index contributed by atoms with van der Waals surface area (Å²) in [7, 11) is 3.33. The molecule has 0 saturated carbocycles. The zero-order valence-corrected chi connectivity index (χ0v) is 12.9. The molecule has 0 aliphatic carbocycles. The quantitative estimate of drug-likeness (QED) is 0.795. The molecular weight excluding hydrogens is 272 g/mol. The molecule has 0 spiro atoms. The van der Waals surface area contributed by atoms with Gasteiger partial charge in [-0.3, -0.25) is 0 Å². The number of ether oxygens (including phenoxy) is 2. The fraction of sp³-hybridized carbons (Fsp3) is 0.400. The van der Waals surface area contributed by atoms with Gasteiger partial charge in [0.25, 0.3) is 0 Å².